The van der Waals surface area contributed by atoms with Gasteiger partial charge in [-0.3, -0.25) is 9.59 Å². The monoisotopic (exact) mass is 340 g/mol. The van der Waals surface area contributed by atoms with Crippen molar-refractivity contribution in [3.05, 3.63) is 34.1 Å². The number of hydrogen-bond acceptors (Lipinski definition) is 2. The van der Waals surface area contributed by atoms with E-state index in [1.165, 1.54) is 6.07 Å². The van der Waals surface area contributed by atoms with Crippen molar-refractivity contribution in [1.29, 1.82) is 0 Å². The number of hydrogen-bond donors (Lipinski definition) is 1. The minimum atomic E-state index is -0.545. The Kier molecular flexibility index (Phi) is 3.50. The largest absolute Gasteiger partial charge is 0.354 e. The van der Waals surface area contributed by atoms with E-state index < -0.39 is 5.82 Å². The number of piperidine rings is 1. The van der Waals surface area contributed by atoms with Crippen molar-refractivity contribution in [3.63, 3.8) is 0 Å². The van der Waals surface area contributed by atoms with E-state index in [4.69, 9.17) is 0 Å². The maximum Gasteiger partial charge on any atom is 0.257 e. The highest BCUT2D eigenvalue weighted by molar-refractivity contribution is 9.10. The van der Waals surface area contributed by atoms with Crippen LogP contribution in [0.3, 0.4) is 0 Å². The number of amides is 2. The number of halogens is 2. The maximum atomic E-state index is 14.1. The maximum absolute atomic E-state index is 14.1. The molecule has 2 aliphatic heterocycles. The van der Waals surface area contributed by atoms with Crippen molar-refractivity contribution in [2.45, 2.75) is 18.9 Å². The summed E-state index contributed by atoms with van der Waals surface area (Å²) in [4.78, 5) is 25.9. The zero-order valence-electron chi connectivity index (χ0n) is 10.7. The summed E-state index contributed by atoms with van der Waals surface area (Å²) >= 11 is 3.09. The number of benzene rings is 1. The number of likely N-dealkylation sites (tertiary alicyclic amines) is 1. The molecule has 2 saturated heterocycles. The third-order valence-electron chi connectivity index (χ3n) is 4.04. The smallest absolute Gasteiger partial charge is 0.257 e. The molecule has 2 amide bonds. The first-order chi connectivity index (χ1) is 9.59. The number of nitrogens with one attached hydrogen (secondary N) is 1. The molecular formula is C14H14BrFN2O2. The highest BCUT2D eigenvalue weighted by Gasteiger charge is 2.43. The molecule has 1 aromatic rings. The standard InChI is InChI=1S/C14H14BrFN2O2/c15-10-5-1-3-9(12(10)16)14(20)18-6-2-4-8-11(18)7-17-13(8)19/h1,3,5,8,11H,2,4,6-7H2,(H,17,19). The van der Waals surface area contributed by atoms with Crippen molar-refractivity contribution in [2.75, 3.05) is 13.1 Å². The molecule has 3 rings (SSSR count). The van der Waals surface area contributed by atoms with Gasteiger partial charge in [-0.05, 0) is 40.9 Å². The minimum absolute atomic E-state index is 0.00205. The zero-order valence-corrected chi connectivity index (χ0v) is 12.3. The third-order valence-corrected chi connectivity index (χ3v) is 4.66. The predicted molar refractivity (Wildman–Crippen MR) is 74.7 cm³/mol. The van der Waals surface area contributed by atoms with Gasteiger partial charge in [-0.1, -0.05) is 6.07 Å². The second-order valence-corrected chi connectivity index (χ2v) is 6.02. The molecule has 2 heterocycles. The number of rotatable bonds is 1. The Hall–Kier alpha value is -1.43. The molecule has 1 N–H and O–H groups in total. The lowest BCUT2D eigenvalue weighted by molar-refractivity contribution is -0.123. The molecule has 4 nitrogen and oxygen atoms in total. The molecule has 0 aromatic heterocycles. The molecule has 6 heteroatoms. The Labute approximate surface area is 124 Å². The molecule has 2 atom stereocenters. The summed E-state index contributed by atoms with van der Waals surface area (Å²) in [5, 5.41) is 2.79. The molecule has 106 valence electrons. The lowest BCUT2D eigenvalue weighted by Gasteiger charge is -2.36. The summed E-state index contributed by atoms with van der Waals surface area (Å²) in [7, 11) is 0. The summed E-state index contributed by atoms with van der Waals surface area (Å²) < 4.78 is 14.3. The quantitative estimate of drug-likeness (QED) is 0.849. The molecule has 0 radical (unpaired) electrons. The SMILES string of the molecule is O=C1NCC2C1CCCN2C(=O)c1cccc(Br)c1F. The van der Waals surface area contributed by atoms with Gasteiger partial charge in [-0.15, -0.1) is 0 Å². The minimum Gasteiger partial charge on any atom is -0.354 e. The Morgan fingerprint density at radius 2 is 2.25 bits per heavy atom. The van der Waals surface area contributed by atoms with Crippen LogP contribution in [0.15, 0.2) is 22.7 Å². The summed E-state index contributed by atoms with van der Waals surface area (Å²) in [6.45, 7) is 1.03. The molecule has 20 heavy (non-hydrogen) atoms. The number of fused-ring (bicyclic) bond motifs is 1. The Morgan fingerprint density at radius 1 is 1.45 bits per heavy atom. The number of carbonyl (C=O) groups is 2. The van der Waals surface area contributed by atoms with Gasteiger partial charge in [0.15, 0.2) is 0 Å². The molecular weight excluding hydrogens is 327 g/mol. The lowest BCUT2D eigenvalue weighted by Crippen LogP contribution is -2.48. The van der Waals surface area contributed by atoms with E-state index in [0.29, 0.717) is 13.1 Å². The van der Waals surface area contributed by atoms with E-state index in [0.717, 1.165) is 12.8 Å². The normalized spacial score (nSPS) is 25.3. The molecule has 0 saturated carbocycles. The van der Waals surface area contributed by atoms with E-state index >= 15 is 0 Å². The number of carbonyl (C=O) groups excluding carboxylic acids is 2. The van der Waals surface area contributed by atoms with Crippen molar-refractivity contribution in [2.24, 2.45) is 5.92 Å². The zero-order chi connectivity index (χ0) is 14.3. The second-order valence-electron chi connectivity index (χ2n) is 5.16. The fraction of sp³-hybridized carbons (Fsp3) is 0.429. The average Bonchev–Trinajstić information content (AvgIpc) is 2.83. The van der Waals surface area contributed by atoms with E-state index in [9.17, 15) is 14.0 Å². The van der Waals surface area contributed by atoms with Gasteiger partial charge < -0.3 is 10.2 Å². The van der Waals surface area contributed by atoms with Crippen LogP contribution in [0.4, 0.5) is 4.39 Å². The van der Waals surface area contributed by atoms with Gasteiger partial charge in [0.25, 0.3) is 5.91 Å². The predicted octanol–water partition coefficient (Wildman–Crippen LogP) is 1.94. The van der Waals surface area contributed by atoms with E-state index in [2.05, 4.69) is 21.2 Å². The van der Waals surface area contributed by atoms with Crippen LogP contribution in [0.5, 0.6) is 0 Å². The van der Waals surface area contributed by atoms with Crippen LogP contribution in [-0.4, -0.2) is 35.8 Å². The van der Waals surface area contributed by atoms with Crippen LogP contribution in [0.25, 0.3) is 0 Å². The van der Waals surface area contributed by atoms with Crippen LogP contribution >= 0.6 is 15.9 Å². The highest BCUT2D eigenvalue weighted by Crippen LogP contribution is 2.29. The first kappa shape index (κ1) is 13.5. The Balaban J connectivity index is 1.90. The fourth-order valence-corrected chi connectivity index (χ4v) is 3.39. The topological polar surface area (TPSA) is 49.4 Å². The molecule has 0 bridgehead atoms. The van der Waals surface area contributed by atoms with Crippen LogP contribution in [0.2, 0.25) is 0 Å². The van der Waals surface area contributed by atoms with Crippen molar-refractivity contribution < 1.29 is 14.0 Å². The van der Waals surface area contributed by atoms with Gasteiger partial charge in [0, 0.05) is 13.1 Å². The van der Waals surface area contributed by atoms with E-state index in [1.54, 1.807) is 17.0 Å². The molecule has 1 aromatic carbocycles. The first-order valence-corrected chi connectivity index (χ1v) is 7.41. The van der Waals surface area contributed by atoms with Gasteiger partial charge in [0.2, 0.25) is 5.91 Å². The van der Waals surface area contributed by atoms with E-state index in [-0.39, 0.29) is 33.8 Å². The highest BCUT2D eigenvalue weighted by atomic mass is 79.9. The molecule has 2 fully saturated rings. The number of nitrogens with zero attached hydrogens (tertiary/aromatic N) is 1. The van der Waals surface area contributed by atoms with Crippen molar-refractivity contribution in [1.82, 2.24) is 10.2 Å². The third kappa shape index (κ3) is 2.12. The summed E-state index contributed by atoms with van der Waals surface area (Å²) in [5.41, 5.74) is 0.0550. The Bertz CT molecular complexity index is 578. The van der Waals surface area contributed by atoms with Crippen LogP contribution in [0.1, 0.15) is 23.2 Å². The summed E-state index contributed by atoms with van der Waals surface area (Å²) in [6.07, 6.45) is 1.57. The molecule has 0 aliphatic carbocycles. The van der Waals surface area contributed by atoms with Gasteiger partial charge >= 0.3 is 0 Å². The van der Waals surface area contributed by atoms with Gasteiger partial charge in [0.1, 0.15) is 5.82 Å². The Morgan fingerprint density at radius 3 is 3.05 bits per heavy atom. The van der Waals surface area contributed by atoms with Crippen molar-refractivity contribution in [3.8, 4) is 0 Å². The summed E-state index contributed by atoms with van der Waals surface area (Å²) in [6, 6.07) is 4.53. The fourth-order valence-electron chi connectivity index (χ4n) is 3.03. The van der Waals surface area contributed by atoms with E-state index in [1.807, 2.05) is 0 Å². The van der Waals surface area contributed by atoms with Crippen LogP contribution in [0, 0.1) is 11.7 Å². The molecule has 2 aliphatic rings. The van der Waals surface area contributed by atoms with Crippen LogP contribution < -0.4 is 5.32 Å². The van der Waals surface area contributed by atoms with Crippen LogP contribution in [-0.2, 0) is 4.79 Å². The average molecular weight is 341 g/mol. The second kappa shape index (κ2) is 5.16. The molecule has 0 spiro atoms. The molecule has 2 unspecified atom stereocenters. The lowest BCUT2D eigenvalue weighted by atomic mass is 9.91. The van der Waals surface area contributed by atoms with Gasteiger partial charge in [-0.25, -0.2) is 4.39 Å². The van der Waals surface area contributed by atoms with Crippen molar-refractivity contribution >= 4 is 27.7 Å². The summed E-state index contributed by atoms with van der Waals surface area (Å²) in [5.74, 6) is -1.03. The first-order valence-electron chi connectivity index (χ1n) is 6.62. The van der Waals surface area contributed by atoms with Gasteiger partial charge in [0.05, 0.1) is 22.0 Å². The van der Waals surface area contributed by atoms with Gasteiger partial charge in [-0.2, -0.15) is 0 Å².